The third-order valence-electron chi connectivity index (χ3n) is 6.51. The average Bonchev–Trinajstić information content (AvgIpc) is 3.27. The Morgan fingerprint density at radius 3 is 2.79 bits per heavy atom. The van der Waals surface area contributed by atoms with Crippen LogP contribution in [0, 0.1) is 0 Å². The zero-order chi connectivity index (χ0) is 22.9. The molecule has 172 valence electrons. The van der Waals surface area contributed by atoms with Crippen molar-refractivity contribution in [2.45, 2.75) is 45.2 Å². The van der Waals surface area contributed by atoms with E-state index in [-0.39, 0.29) is 36.6 Å². The molecule has 5 rings (SSSR count). The van der Waals surface area contributed by atoms with Crippen molar-refractivity contribution in [2.75, 3.05) is 19.7 Å². The summed E-state index contributed by atoms with van der Waals surface area (Å²) < 4.78 is 7.12. The van der Waals surface area contributed by atoms with Crippen LogP contribution < -0.4 is 10.3 Å². The summed E-state index contributed by atoms with van der Waals surface area (Å²) in [5.74, 6) is 0.524. The number of aromatic nitrogens is 3. The number of aromatic amines is 1. The van der Waals surface area contributed by atoms with E-state index < -0.39 is 0 Å². The van der Waals surface area contributed by atoms with Crippen molar-refractivity contribution < 1.29 is 14.3 Å². The van der Waals surface area contributed by atoms with Crippen LogP contribution in [0.4, 0.5) is 0 Å². The minimum atomic E-state index is -0.187. The molecule has 4 heterocycles. The number of nitrogens with one attached hydrogen (secondary N) is 1. The number of rotatable bonds is 4. The Kier molecular flexibility index (Phi) is 5.62. The third-order valence-corrected chi connectivity index (χ3v) is 6.51. The zero-order valence-corrected chi connectivity index (χ0v) is 18.6. The van der Waals surface area contributed by atoms with Crippen molar-refractivity contribution in [3.8, 4) is 5.75 Å². The summed E-state index contributed by atoms with van der Waals surface area (Å²) >= 11 is 0. The number of nitrogens with zero attached hydrogens (tertiary/aromatic N) is 4. The number of ether oxygens (including phenoxy) is 1. The normalized spacial score (nSPS) is 18.3. The molecule has 2 aliphatic rings. The fourth-order valence-electron chi connectivity index (χ4n) is 4.74. The Labute approximate surface area is 190 Å². The second-order valence-electron chi connectivity index (χ2n) is 8.64. The molecule has 0 aliphatic carbocycles. The van der Waals surface area contributed by atoms with Gasteiger partial charge >= 0.3 is 0 Å². The fourth-order valence-corrected chi connectivity index (χ4v) is 4.74. The quantitative estimate of drug-likeness (QED) is 0.657. The lowest BCUT2D eigenvalue weighted by molar-refractivity contribution is -0.137. The molecule has 0 saturated carbocycles. The number of piperidine rings is 1. The molecule has 1 saturated heterocycles. The topological polar surface area (TPSA) is 100 Å². The molecule has 1 atom stereocenters. The van der Waals surface area contributed by atoms with Crippen molar-refractivity contribution in [3.05, 3.63) is 63.7 Å². The molecule has 1 aromatic carbocycles. The van der Waals surface area contributed by atoms with Gasteiger partial charge in [0.1, 0.15) is 5.75 Å². The highest BCUT2D eigenvalue weighted by Crippen LogP contribution is 2.31. The SMILES string of the molecule is CC(=O)N1CCc2nc3cc([C@H]4CCCCN4C(=O)COc4ccccc4)[nH]n3c(=O)c2C1. The number of hydrogen-bond acceptors (Lipinski definition) is 5. The molecule has 0 bridgehead atoms. The number of H-pyrrole nitrogens is 1. The van der Waals surface area contributed by atoms with Crippen LogP contribution >= 0.6 is 0 Å². The molecule has 2 amide bonds. The fraction of sp³-hybridized carbons (Fsp3) is 0.417. The molecule has 3 aromatic rings. The summed E-state index contributed by atoms with van der Waals surface area (Å²) in [6, 6.07) is 11.0. The van der Waals surface area contributed by atoms with Crippen LogP contribution in [0.25, 0.3) is 5.65 Å². The smallest absolute Gasteiger partial charge is 0.277 e. The molecule has 9 heteroatoms. The van der Waals surface area contributed by atoms with Crippen LogP contribution in [-0.2, 0) is 22.6 Å². The van der Waals surface area contributed by atoms with E-state index in [0.29, 0.717) is 36.5 Å². The highest BCUT2D eigenvalue weighted by Gasteiger charge is 2.31. The van der Waals surface area contributed by atoms with E-state index in [1.54, 1.807) is 4.90 Å². The first-order valence-corrected chi connectivity index (χ1v) is 11.4. The number of amides is 2. The van der Waals surface area contributed by atoms with Crippen LogP contribution in [-0.4, -0.2) is 55.9 Å². The number of fused-ring (bicyclic) bond motifs is 2. The summed E-state index contributed by atoms with van der Waals surface area (Å²) in [7, 11) is 0. The molecular formula is C24H27N5O4. The highest BCUT2D eigenvalue weighted by atomic mass is 16.5. The van der Waals surface area contributed by atoms with E-state index >= 15 is 0 Å². The Morgan fingerprint density at radius 2 is 2.00 bits per heavy atom. The van der Waals surface area contributed by atoms with Crippen LogP contribution in [0.1, 0.15) is 49.2 Å². The minimum Gasteiger partial charge on any atom is -0.484 e. The molecular weight excluding hydrogens is 422 g/mol. The number of hydrogen-bond donors (Lipinski definition) is 1. The lowest BCUT2D eigenvalue weighted by atomic mass is 9.99. The summed E-state index contributed by atoms with van der Waals surface area (Å²) in [5.41, 5.74) is 2.45. The van der Waals surface area contributed by atoms with Gasteiger partial charge in [-0.05, 0) is 31.4 Å². The van der Waals surface area contributed by atoms with Crippen LogP contribution in [0.2, 0.25) is 0 Å². The molecule has 2 aliphatic heterocycles. The first-order valence-electron chi connectivity index (χ1n) is 11.4. The highest BCUT2D eigenvalue weighted by molar-refractivity contribution is 5.78. The summed E-state index contributed by atoms with van der Waals surface area (Å²) in [6.07, 6.45) is 3.29. The van der Waals surface area contributed by atoms with Gasteiger partial charge in [0.05, 0.1) is 29.5 Å². The van der Waals surface area contributed by atoms with Gasteiger partial charge in [-0.25, -0.2) is 9.50 Å². The van der Waals surface area contributed by atoms with Gasteiger partial charge in [0.25, 0.3) is 11.5 Å². The number of benzene rings is 1. The van der Waals surface area contributed by atoms with Gasteiger partial charge < -0.3 is 14.5 Å². The zero-order valence-electron chi connectivity index (χ0n) is 18.6. The van der Waals surface area contributed by atoms with Crippen molar-refractivity contribution in [2.24, 2.45) is 0 Å². The van der Waals surface area contributed by atoms with E-state index in [4.69, 9.17) is 9.72 Å². The lowest BCUT2D eigenvalue weighted by Crippen LogP contribution is -2.41. The van der Waals surface area contributed by atoms with Crippen LogP contribution in [0.5, 0.6) is 5.75 Å². The van der Waals surface area contributed by atoms with Crippen molar-refractivity contribution in [3.63, 3.8) is 0 Å². The maximum atomic E-state index is 13.2. The maximum Gasteiger partial charge on any atom is 0.277 e. The lowest BCUT2D eigenvalue weighted by Gasteiger charge is -2.35. The first kappa shape index (κ1) is 21.2. The Hall–Kier alpha value is -3.62. The standard InChI is InChI=1S/C24H27N5O4/c1-16(30)27-12-10-19-18(14-27)24(32)29-22(25-19)13-20(26-29)21-9-5-6-11-28(21)23(31)15-33-17-7-3-2-4-8-17/h2-4,7-8,13,21,26H,5-6,9-12,14-15H2,1H3/t21-/m1/s1. The van der Waals surface area contributed by atoms with E-state index in [1.165, 1.54) is 11.4 Å². The average molecular weight is 450 g/mol. The predicted octanol–water partition coefficient (Wildman–Crippen LogP) is 2.06. The molecule has 2 aromatic heterocycles. The molecule has 33 heavy (non-hydrogen) atoms. The Morgan fingerprint density at radius 1 is 1.18 bits per heavy atom. The molecule has 0 spiro atoms. The van der Waals surface area contributed by atoms with E-state index in [9.17, 15) is 14.4 Å². The first-order chi connectivity index (χ1) is 16.0. The minimum absolute atomic E-state index is 0.0336. The number of likely N-dealkylation sites (tertiary alicyclic amines) is 1. The van der Waals surface area contributed by atoms with E-state index in [1.807, 2.05) is 41.3 Å². The predicted molar refractivity (Wildman–Crippen MR) is 121 cm³/mol. The van der Waals surface area contributed by atoms with Gasteiger partial charge in [0.2, 0.25) is 5.91 Å². The van der Waals surface area contributed by atoms with Gasteiger partial charge in [0.15, 0.2) is 12.3 Å². The second-order valence-corrected chi connectivity index (χ2v) is 8.64. The number of para-hydroxylation sites is 1. The number of carbonyl (C=O) groups is 2. The van der Waals surface area contributed by atoms with Crippen LogP contribution in [0.15, 0.2) is 41.2 Å². The second kappa shape index (κ2) is 8.73. The molecule has 1 N–H and O–H groups in total. The third kappa shape index (κ3) is 4.10. The summed E-state index contributed by atoms with van der Waals surface area (Å²) in [6.45, 7) is 2.96. The van der Waals surface area contributed by atoms with Gasteiger partial charge in [-0.1, -0.05) is 18.2 Å². The van der Waals surface area contributed by atoms with E-state index in [2.05, 4.69) is 5.10 Å². The molecule has 0 radical (unpaired) electrons. The summed E-state index contributed by atoms with van der Waals surface area (Å²) in [5, 5.41) is 3.19. The van der Waals surface area contributed by atoms with Gasteiger partial charge in [-0.3, -0.25) is 19.5 Å². The maximum absolute atomic E-state index is 13.2. The van der Waals surface area contributed by atoms with Crippen LogP contribution in [0.3, 0.4) is 0 Å². The molecule has 0 unspecified atom stereocenters. The number of carbonyl (C=O) groups excluding carboxylic acids is 2. The Balaban J connectivity index is 1.41. The molecule has 1 fully saturated rings. The van der Waals surface area contributed by atoms with Crippen molar-refractivity contribution in [1.29, 1.82) is 0 Å². The molecule has 9 nitrogen and oxygen atoms in total. The van der Waals surface area contributed by atoms with Gasteiger partial charge in [-0.15, -0.1) is 0 Å². The van der Waals surface area contributed by atoms with E-state index in [0.717, 1.165) is 30.7 Å². The largest absolute Gasteiger partial charge is 0.484 e. The Bertz CT molecular complexity index is 1250. The van der Waals surface area contributed by atoms with Gasteiger partial charge in [-0.2, -0.15) is 0 Å². The monoisotopic (exact) mass is 449 g/mol. The van der Waals surface area contributed by atoms with Crippen molar-refractivity contribution in [1.82, 2.24) is 24.4 Å². The summed E-state index contributed by atoms with van der Waals surface area (Å²) in [4.78, 5) is 46.1. The van der Waals surface area contributed by atoms with Crippen molar-refractivity contribution >= 4 is 17.5 Å². The van der Waals surface area contributed by atoms with Gasteiger partial charge in [0, 0.05) is 32.5 Å².